The largest absolute Gasteiger partial charge is 0.113 e. The SMILES string of the molecule is CC(C)c1ccc(C(Cl)c2ccccc2I)cc1. The average molecular weight is 371 g/mol. The van der Waals surface area contributed by atoms with Gasteiger partial charge in [-0.15, -0.1) is 11.6 Å². The molecule has 0 aliphatic carbocycles. The van der Waals surface area contributed by atoms with Gasteiger partial charge < -0.3 is 0 Å². The molecule has 0 N–H and O–H groups in total. The minimum atomic E-state index is -0.0701. The van der Waals surface area contributed by atoms with Gasteiger partial charge >= 0.3 is 0 Å². The summed E-state index contributed by atoms with van der Waals surface area (Å²) >= 11 is 8.90. The molecular weight excluding hydrogens is 355 g/mol. The number of hydrogen-bond acceptors (Lipinski definition) is 0. The third kappa shape index (κ3) is 3.07. The first-order valence-corrected chi connectivity index (χ1v) is 7.59. The molecule has 0 nitrogen and oxygen atoms in total. The van der Waals surface area contributed by atoms with Gasteiger partial charge in [0.25, 0.3) is 0 Å². The summed E-state index contributed by atoms with van der Waals surface area (Å²) < 4.78 is 1.21. The molecule has 0 radical (unpaired) electrons. The third-order valence-corrected chi connectivity index (χ3v) is 4.54. The van der Waals surface area contributed by atoms with Crippen molar-refractivity contribution in [2.75, 3.05) is 0 Å². The third-order valence-electron chi connectivity index (χ3n) is 3.07. The molecule has 0 aromatic heterocycles. The highest BCUT2D eigenvalue weighted by atomic mass is 127. The van der Waals surface area contributed by atoms with Crippen LogP contribution in [0.2, 0.25) is 0 Å². The fourth-order valence-electron chi connectivity index (χ4n) is 1.91. The molecule has 0 saturated heterocycles. The van der Waals surface area contributed by atoms with Crippen molar-refractivity contribution in [1.82, 2.24) is 0 Å². The van der Waals surface area contributed by atoms with Gasteiger partial charge in [-0.25, -0.2) is 0 Å². The van der Waals surface area contributed by atoms with Crippen molar-refractivity contribution in [2.45, 2.75) is 25.1 Å². The standard InChI is InChI=1S/C16H16ClI/c1-11(2)12-7-9-13(10-8-12)16(17)14-5-3-4-6-15(14)18/h3-11,16H,1-2H3. The van der Waals surface area contributed by atoms with Gasteiger partial charge in [0, 0.05) is 3.57 Å². The van der Waals surface area contributed by atoms with Crippen molar-refractivity contribution < 1.29 is 0 Å². The van der Waals surface area contributed by atoms with Crippen LogP contribution in [0.25, 0.3) is 0 Å². The van der Waals surface area contributed by atoms with Crippen LogP contribution in [-0.4, -0.2) is 0 Å². The van der Waals surface area contributed by atoms with Crippen LogP contribution in [0.15, 0.2) is 48.5 Å². The molecule has 0 spiro atoms. The molecule has 0 aliphatic rings. The van der Waals surface area contributed by atoms with Crippen molar-refractivity contribution in [3.8, 4) is 0 Å². The summed E-state index contributed by atoms with van der Waals surface area (Å²) in [6.45, 7) is 4.40. The van der Waals surface area contributed by atoms with Crippen LogP contribution in [0.1, 0.15) is 41.8 Å². The van der Waals surface area contributed by atoms with Crippen LogP contribution in [0.4, 0.5) is 0 Å². The molecule has 94 valence electrons. The molecule has 18 heavy (non-hydrogen) atoms. The lowest BCUT2D eigenvalue weighted by atomic mass is 9.98. The summed E-state index contributed by atoms with van der Waals surface area (Å²) in [7, 11) is 0. The highest BCUT2D eigenvalue weighted by Crippen LogP contribution is 2.32. The molecule has 0 amide bonds. The number of halogens is 2. The number of rotatable bonds is 3. The Labute approximate surface area is 128 Å². The zero-order valence-corrected chi connectivity index (χ0v) is 13.4. The molecule has 2 aromatic rings. The van der Waals surface area contributed by atoms with Gasteiger partial charge in [0.05, 0.1) is 5.38 Å². The topological polar surface area (TPSA) is 0 Å². The molecule has 0 saturated carbocycles. The second-order valence-electron chi connectivity index (χ2n) is 4.71. The summed E-state index contributed by atoms with van der Waals surface area (Å²) in [5.41, 5.74) is 3.69. The lowest BCUT2D eigenvalue weighted by molar-refractivity contribution is 0.865. The van der Waals surface area contributed by atoms with E-state index in [1.807, 2.05) is 12.1 Å². The van der Waals surface area contributed by atoms with Gasteiger partial charge in [0.1, 0.15) is 0 Å². The van der Waals surface area contributed by atoms with E-state index in [1.165, 1.54) is 14.7 Å². The smallest absolute Gasteiger partial charge is 0.0845 e. The summed E-state index contributed by atoms with van der Waals surface area (Å²) in [5, 5.41) is -0.0701. The monoisotopic (exact) mass is 370 g/mol. The molecule has 0 fully saturated rings. The van der Waals surface area contributed by atoms with Crippen LogP contribution in [0.5, 0.6) is 0 Å². The number of hydrogen-bond donors (Lipinski definition) is 0. The fraction of sp³-hybridized carbons (Fsp3) is 0.250. The molecule has 2 aromatic carbocycles. The Balaban J connectivity index is 2.29. The summed E-state index contributed by atoms with van der Waals surface area (Å²) in [6.07, 6.45) is 0. The summed E-state index contributed by atoms with van der Waals surface area (Å²) in [6, 6.07) is 16.9. The summed E-state index contributed by atoms with van der Waals surface area (Å²) in [4.78, 5) is 0. The first kappa shape index (κ1) is 13.9. The van der Waals surface area contributed by atoms with Crippen LogP contribution < -0.4 is 0 Å². The predicted octanol–water partition coefficient (Wildman–Crippen LogP) is 5.74. The maximum Gasteiger partial charge on any atom is 0.0845 e. The van der Waals surface area contributed by atoms with Gasteiger partial charge in [-0.2, -0.15) is 0 Å². The predicted molar refractivity (Wildman–Crippen MR) is 87.4 cm³/mol. The molecule has 1 atom stereocenters. The van der Waals surface area contributed by atoms with Gasteiger partial charge in [-0.1, -0.05) is 56.3 Å². The van der Waals surface area contributed by atoms with Gasteiger partial charge in [-0.3, -0.25) is 0 Å². The van der Waals surface area contributed by atoms with Crippen LogP contribution in [0.3, 0.4) is 0 Å². The van der Waals surface area contributed by atoms with Crippen molar-refractivity contribution >= 4 is 34.2 Å². The second-order valence-corrected chi connectivity index (χ2v) is 6.30. The van der Waals surface area contributed by atoms with E-state index in [9.17, 15) is 0 Å². The van der Waals surface area contributed by atoms with E-state index < -0.39 is 0 Å². The average Bonchev–Trinajstić information content (AvgIpc) is 2.38. The van der Waals surface area contributed by atoms with Crippen LogP contribution in [-0.2, 0) is 0 Å². The maximum absolute atomic E-state index is 6.56. The Bertz CT molecular complexity index is 517. The van der Waals surface area contributed by atoms with E-state index in [1.54, 1.807) is 0 Å². The van der Waals surface area contributed by atoms with E-state index in [4.69, 9.17) is 11.6 Å². The first-order valence-electron chi connectivity index (χ1n) is 6.08. The van der Waals surface area contributed by atoms with E-state index in [2.05, 4.69) is 72.8 Å². The Kier molecular flexibility index (Phi) is 4.68. The van der Waals surface area contributed by atoms with Crippen molar-refractivity contribution in [3.63, 3.8) is 0 Å². The fourth-order valence-corrected chi connectivity index (χ4v) is 3.13. The number of alkyl halides is 1. The molecule has 2 rings (SSSR count). The quantitative estimate of drug-likeness (QED) is 0.477. The first-order chi connectivity index (χ1) is 8.59. The van der Waals surface area contributed by atoms with Gasteiger partial charge in [0.2, 0.25) is 0 Å². The molecule has 1 unspecified atom stereocenters. The minimum absolute atomic E-state index is 0.0701. The molecule has 2 heteroatoms. The second kappa shape index (κ2) is 6.07. The van der Waals surface area contributed by atoms with Crippen LogP contribution >= 0.6 is 34.2 Å². The zero-order valence-electron chi connectivity index (χ0n) is 10.5. The Morgan fingerprint density at radius 3 is 2.00 bits per heavy atom. The van der Waals surface area contributed by atoms with E-state index >= 15 is 0 Å². The Morgan fingerprint density at radius 2 is 1.44 bits per heavy atom. The van der Waals surface area contributed by atoms with Gasteiger partial charge in [-0.05, 0) is 51.3 Å². The maximum atomic E-state index is 6.56. The molecule has 0 aliphatic heterocycles. The summed E-state index contributed by atoms with van der Waals surface area (Å²) in [5.74, 6) is 0.560. The van der Waals surface area contributed by atoms with Crippen molar-refractivity contribution in [2.24, 2.45) is 0 Å². The lowest BCUT2D eigenvalue weighted by Gasteiger charge is -2.13. The van der Waals surface area contributed by atoms with E-state index in [-0.39, 0.29) is 5.38 Å². The number of benzene rings is 2. The molecule has 0 heterocycles. The van der Waals surface area contributed by atoms with Crippen molar-refractivity contribution in [3.05, 3.63) is 68.8 Å². The Hall–Kier alpha value is -0.540. The van der Waals surface area contributed by atoms with Crippen molar-refractivity contribution in [1.29, 1.82) is 0 Å². The van der Waals surface area contributed by atoms with Crippen LogP contribution in [0, 0.1) is 3.57 Å². The zero-order chi connectivity index (χ0) is 13.1. The van der Waals surface area contributed by atoms with E-state index in [0.29, 0.717) is 5.92 Å². The Morgan fingerprint density at radius 1 is 0.889 bits per heavy atom. The molecule has 0 bridgehead atoms. The van der Waals surface area contributed by atoms with E-state index in [0.717, 1.165) is 5.56 Å². The highest BCUT2D eigenvalue weighted by Gasteiger charge is 2.13. The van der Waals surface area contributed by atoms with Gasteiger partial charge in [0.15, 0.2) is 0 Å². The highest BCUT2D eigenvalue weighted by molar-refractivity contribution is 14.1. The lowest BCUT2D eigenvalue weighted by Crippen LogP contribution is -1.97. The minimum Gasteiger partial charge on any atom is -0.113 e. The normalized spacial score (nSPS) is 12.7. The molecular formula is C16H16ClI.